The van der Waals surface area contributed by atoms with E-state index >= 15 is 13.2 Å². The highest BCUT2D eigenvalue weighted by molar-refractivity contribution is 6.36. The maximum absolute atomic E-state index is 15.1. The third kappa shape index (κ3) is 20.3. The summed E-state index contributed by atoms with van der Waals surface area (Å²) in [7, 11) is 2.55. The van der Waals surface area contributed by atoms with Gasteiger partial charge in [0.1, 0.15) is 5.41 Å². The molecule has 0 saturated heterocycles. The number of alkyl halides is 12. The van der Waals surface area contributed by atoms with Gasteiger partial charge in [-0.15, -0.1) is 0 Å². The van der Waals surface area contributed by atoms with Crippen molar-refractivity contribution in [3.05, 3.63) is 398 Å². The van der Waals surface area contributed by atoms with E-state index in [1.807, 2.05) is 6.92 Å². The van der Waals surface area contributed by atoms with Gasteiger partial charge in [0.25, 0.3) is 47.3 Å². The monoisotopic (exact) mass is 2000 g/mol. The van der Waals surface area contributed by atoms with E-state index in [4.69, 9.17) is 0 Å². The summed E-state index contributed by atoms with van der Waals surface area (Å²) in [6, 6.07) is 54.1. The van der Waals surface area contributed by atoms with Crippen LogP contribution in [0.15, 0.2) is 243 Å². The number of hydrogen-bond acceptors (Lipinski definition) is 16. The van der Waals surface area contributed by atoms with Crippen molar-refractivity contribution in [3.63, 3.8) is 0 Å². The predicted octanol–water partition coefficient (Wildman–Crippen LogP) is 24.5. The molecule has 20 nitrogen and oxygen atoms in total. The van der Waals surface area contributed by atoms with Gasteiger partial charge in [0, 0.05) is 77.9 Å². The molecule has 4 heterocycles. The lowest BCUT2D eigenvalue weighted by molar-refractivity contribution is -0.173. The molecule has 17 rings (SSSR count). The molecule has 8 amide bonds. The number of amides is 8. The number of carbonyl (C=O) groups excluding carboxylic acids is 16. The summed E-state index contributed by atoms with van der Waals surface area (Å²) < 4.78 is 175. The topological polar surface area (TPSA) is 286 Å². The van der Waals surface area contributed by atoms with E-state index in [9.17, 15) is 116 Å². The molecule has 0 saturated carbocycles. The molecule has 1 unspecified atom stereocenters. The van der Waals surface area contributed by atoms with Gasteiger partial charge >= 0.3 is 24.7 Å². The summed E-state index contributed by atoms with van der Waals surface area (Å²) >= 11 is 0. The fourth-order valence-corrected chi connectivity index (χ4v) is 18.3. The van der Waals surface area contributed by atoms with Gasteiger partial charge in [-0.25, -0.2) is 9.80 Å². The average Bonchev–Trinajstić information content (AvgIpc) is 1.62. The predicted molar refractivity (Wildman–Crippen MR) is 520 cm³/mol. The van der Waals surface area contributed by atoms with Crippen molar-refractivity contribution in [3.8, 4) is 44.5 Å². The van der Waals surface area contributed by atoms with E-state index in [-0.39, 0.29) is 160 Å². The molecule has 147 heavy (non-hydrogen) atoms. The standard InChI is InChI=1S/C46H32F6N2O7.C43H29F3N2O7.C26H23F3O2/c1-22-14-25(15-39(57)28-17-26(23(2)55)16-27(18-28)24(3)56)6-10-32(22)33-13-9-31(21-38(33)45(47,48)49)54-42(60)35-12-8-30(20-37(35)43(54)61)44(4,46(50,51)52)29-7-11-34-36(19-29)41(59)53(5)40(34)58;1-21-13-24(14-38(51)29-16-27(22(2)49)15-28(17-29)23(3)50)5-9-31(21)32-12-8-30(20-37(32)43(44,45)46)48-41(54)34-11-7-26(19-36(34)42(48)55)25-6-10-33-35(18-25)40(53)47(4)39(33)52;1-4-18-5-12-23(24(14-18)26(27,28)29)22-11-6-19(13-16(22)2)15-25(31)21-9-7-20(8-10-21)17(3)30/h6-14,16-21H,15H2,1-5H3;5-13,15-20H,14H2,1-4H3;5-14H,4,15H2,1-3H3. The van der Waals surface area contributed by atoms with Gasteiger partial charge in [-0.3, -0.25) is 86.5 Å². The summed E-state index contributed by atoms with van der Waals surface area (Å²) in [6.45, 7) is 14.2. The minimum atomic E-state index is -5.05. The van der Waals surface area contributed by atoms with Crippen molar-refractivity contribution in [2.24, 2.45) is 0 Å². The molecule has 13 aromatic rings. The molecule has 13 aromatic carbocycles. The fraction of sp³-hybridized carbons (Fsp3) is 0.183. The van der Waals surface area contributed by atoms with Gasteiger partial charge in [0.2, 0.25) is 0 Å². The van der Waals surface area contributed by atoms with Crippen LogP contribution in [-0.2, 0) is 49.6 Å². The van der Waals surface area contributed by atoms with Gasteiger partial charge in [0.05, 0.1) is 72.6 Å². The molecule has 0 spiro atoms. The second-order valence-electron chi connectivity index (χ2n) is 36.3. The molecule has 744 valence electrons. The Morgan fingerprint density at radius 1 is 0.252 bits per heavy atom. The number of halogens is 12. The number of benzene rings is 13. The average molecular weight is 2010 g/mol. The smallest absolute Gasteiger partial charge is 0.295 e. The zero-order valence-electron chi connectivity index (χ0n) is 80.3. The number of fused-ring (bicyclic) bond motifs is 4. The highest BCUT2D eigenvalue weighted by Crippen LogP contribution is 2.51. The van der Waals surface area contributed by atoms with Crippen LogP contribution in [-0.4, -0.2) is 124 Å². The van der Waals surface area contributed by atoms with Crippen molar-refractivity contribution in [1.82, 2.24) is 9.80 Å². The number of anilines is 2. The number of hydrogen-bond donors (Lipinski definition) is 0. The Labute approximate surface area is 831 Å². The molecule has 32 heteroatoms. The maximum atomic E-state index is 15.1. The molecule has 0 bridgehead atoms. The number of Topliss-reactive ketones (excluding diaryl/α,β-unsaturated/α-hetero) is 8. The number of nitrogens with zero attached hydrogens (tertiary/aromatic N) is 4. The highest BCUT2D eigenvalue weighted by atomic mass is 19.4. The first kappa shape index (κ1) is 104. The number of rotatable bonds is 23. The summed E-state index contributed by atoms with van der Waals surface area (Å²) in [5, 5.41) is 0. The minimum absolute atomic E-state index is 0.00921. The first-order valence-corrected chi connectivity index (χ1v) is 45.5. The molecule has 4 aliphatic heterocycles. The number of imide groups is 4. The molecular weight excluding hydrogens is 1920 g/mol. The van der Waals surface area contributed by atoms with E-state index in [1.54, 1.807) is 80.6 Å². The Hall–Kier alpha value is -17.1. The molecular formula is C115H84F12N4O16. The molecule has 1 atom stereocenters. The van der Waals surface area contributed by atoms with Crippen molar-refractivity contribution < 1.29 is 129 Å². The van der Waals surface area contributed by atoms with E-state index in [2.05, 4.69) is 0 Å². The zero-order chi connectivity index (χ0) is 107. The third-order valence-corrected chi connectivity index (χ3v) is 26.5. The van der Waals surface area contributed by atoms with Crippen LogP contribution in [0.3, 0.4) is 0 Å². The van der Waals surface area contributed by atoms with Crippen LogP contribution in [0.4, 0.5) is 64.1 Å². The lowest BCUT2D eigenvalue weighted by Gasteiger charge is -2.33. The Balaban J connectivity index is 0.000000174. The molecule has 0 aromatic heterocycles. The van der Waals surface area contributed by atoms with Crippen LogP contribution in [0.2, 0.25) is 0 Å². The Bertz CT molecular complexity index is 7890. The van der Waals surface area contributed by atoms with E-state index in [1.165, 1.54) is 171 Å². The van der Waals surface area contributed by atoms with Gasteiger partial charge < -0.3 is 0 Å². The van der Waals surface area contributed by atoms with E-state index in [0.29, 0.717) is 83.5 Å². The van der Waals surface area contributed by atoms with Crippen LogP contribution in [0.25, 0.3) is 44.5 Å². The number of aryl methyl sites for hydroxylation is 4. The van der Waals surface area contributed by atoms with Crippen molar-refractivity contribution in [1.29, 1.82) is 0 Å². The first-order chi connectivity index (χ1) is 69.0. The van der Waals surface area contributed by atoms with E-state index < -0.39 is 128 Å². The quantitative estimate of drug-likeness (QED) is 0.0327. The SMILES string of the molecule is CC(=O)c1cc(C(C)=O)cc(C(=O)Cc2ccc(-c3ccc(N4C(=O)c5ccc(-c6ccc7c(c6)C(=O)N(C)C7=O)cc5C4=O)cc3C(F)(F)F)c(C)c2)c1.CC(=O)c1cc(C(C)=O)cc(C(=O)Cc2ccc(-c3ccc(N4C(=O)c5ccc(C(C)(c6ccc7c(c6)C(=O)N(C)C7=O)C(F)(F)F)cc5C4=O)cc3C(F)(F)F)c(C)c2)c1.CCc1ccc(-c2ccc(CC(=O)c3ccc(C(C)=O)cc3)cc2C)c(C(F)(F)F)c1. The zero-order valence-corrected chi connectivity index (χ0v) is 80.3. The highest BCUT2D eigenvalue weighted by Gasteiger charge is 2.56. The van der Waals surface area contributed by atoms with Gasteiger partial charge in [0.15, 0.2) is 46.3 Å². The lowest BCUT2D eigenvalue weighted by atomic mass is 9.74. The van der Waals surface area contributed by atoms with Gasteiger partial charge in [-0.05, 0) is 279 Å². The summed E-state index contributed by atoms with van der Waals surface area (Å²) in [4.78, 5) is 206. The first-order valence-electron chi connectivity index (χ1n) is 45.5. The van der Waals surface area contributed by atoms with Crippen molar-refractivity contribution in [2.75, 3.05) is 23.9 Å². The summed E-state index contributed by atoms with van der Waals surface area (Å²) in [5.74, 6) is -8.68. The molecule has 0 fully saturated rings. The van der Waals surface area contributed by atoms with Crippen molar-refractivity contribution >= 4 is 105 Å². The fourth-order valence-electron chi connectivity index (χ4n) is 18.3. The second kappa shape index (κ2) is 39.6. The molecule has 4 aliphatic rings. The van der Waals surface area contributed by atoms with E-state index in [0.717, 1.165) is 76.9 Å². The van der Waals surface area contributed by atoms with Crippen LogP contribution < -0.4 is 9.80 Å². The lowest BCUT2D eigenvalue weighted by Crippen LogP contribution is -2.41. The molecule has 0 aliphatic carbocycles. The Kier molecular flexibility index (Phi) is 28.1. The Morgan fingerprint density at radius 3 is 0.837 bits per heavy atom. The summed E-state index contributed by atoms with van der Waals surface area (Å²) in [5.41, 5.74) is -1.28. The van der Waals surface area contributed by atoms with Gasteiger partial charge in [-0.2, -0.15) is 52.7 Å². The summed E-state index contributed by atoms with van der Waals surface area (Å²) in [6.07, 6.45) is -19.1. The Morgan fingerprint density at radius 2 is 0.510 bits per heavy atom. The second-order valence-corrected chi connectivity index (χ2v) is 36.3. The van der Waals surface area contributed by atoms with Crippen LogP contribution >= 0.6 is 0 Å². The maximum Gasteiger partial charge on any atom is 0.417 e. The third-order valence-electron chi connectivity index (χ3n) is 26.5. The number of carbonyl (C=O) groups is 16. The van der Waals surface area contributed by atoms with Crippen LogP contribution in [0, 0.1) is 20.8 Å². The molecule has 0 radical (unpaired) electrons. The number of ketones is 8. The molecule has 0 N–H and O–H groups in total. The normalized spacial score (nSPS) is 13.7. The van der Waals surface area contributed by atoms with Gasteiger partial charge in [-0.1, -0.05) is 134 Å². The van der Waals surface area contributed by atoms with Crippen LogP contribution in [0.1, 0.15) is 281 Å². The van der Waals surface area contributed by atoms with Crippen LogP contribution in [0.5, 0.6) is 0 Å². The minimum Gasteiger partial charge on any atom is -0.295 e. The van der Waals surface area contributed by atoms with Crippen molar-refractivity contribution in [2.45, 2.75) is 125 Å². The largest absolute Gasteiger partial charge is 0.417 e.